The summed E-state index contributed by atoms with van der Waals surface area (Å²) in [5.74, 6) is 1.74. The van der Waals surface area contributed by atoms with Gasteiger partial charge in [-0.1, -0.05) is 6.07 Å². The number of anilines is 1. The molecule has 1 fully saturated rings. The van der Waals surface area contributed by atoms with Crippen molar-refractivity contribution in [1.82, 2.24) is 25.2 Å². The Morgan fingerprint density at radius 1 is 1.12 bits per heavy atom. The Hall–Kier alpha value is -2.70. The lowest BCUT2D eigenvalue weighted by atomic mass is 10.3. The highest BCUT2D eigenvalue weighted by Gasteiger charge is 2.21. The van der Waals surface area contributed by atoms with E-state index in [2.05, 4.69) is 37.0 Å². The molecule has 1 aliphatic rings. The van der Waals surface area contributed by atoms with Crippen LogP contribution in [0.25, 0.3) is 0 Å². The van der Waals surface area contributed by atoms with E-state index in [9.17, 15) is 0 Å². The molecule has 0 unspecified atom stereocenters. The SMILES string of the molecule is CCNC(=NCc1cccc(C)n1)N1CCN(c2ncccn2)CC1. The monoisotopic (exact) mass is 339 g/mol. The van der Waals surface area contributed by atoms with Crippen molar-refractivity contribution in [1.29, 1.82) is 0 Å². The number of guanidine groups is 1. The fraction of sp³-hybridized carbons (Fsp3) is 0.444. The first-order valence-electron chi connectivity index (χ1n) is 8.74. The average Bonchev–Trinajstić information content (AvgIpc) is 2.66. The molecular formula is C18H25N7. The second-order valence-corrected chi connectivity index (χ2v) is 5.96. The summed E-state index contributed by atoms with van der Waals surface area (Å²) in [6.45, 7) is 9.09. The van der Waals surface area contributed by atoms with Crippen LogP contribution in [-0.4, -0.2) is 58.5 Å². The van der Waals surface area contributed by atoms with Gasteiger partial charge in [0, 0.05) is 50.8 Å². The molecule has 7 heteroatoms. The van der Waals surface area contributed by atoms with Crippen molar-refractivity contribution in [2.45, 2.75) is 20.4 Å². The molecule has 3 rings (SSSR count). The van der Waals surface area contributed by atoms with Crippen molar-refractivity contribution in [3.05, 3.63) is 48.0 Å². The first-order valence-corrected chi connectivity index (χ1v) is 8.74. The van der Waals surface area contributed by atoms with Crippen LogP contribution < -0.4 is 10.2 Å². The molecule has 0 spiro atoms. The Morgan fingerprint density at radius 2 is 1.88 bits per heavy atom. The van der Waals surface area contributed by atoms with Gasteiger partial charge >= 0.3 is 0 Å². The van der Waals surface area contributed by atoms with E-state index in [0.29, 0.717) is 6.54 Å². The standard InChI is InChI=1S/C18H25N7/c1-3-19-17(22-14-16-7-4-6-15(2)23-16)24-10-12-25(13-11-24)18-20-8-5-9-21-18/h4-9H,3,10-14H2,1-2H3,(H,19,22). The second-order valence-electron chi connectivity index (χ2n) is 5.96. The topological polar surface area (TPSA) is 69.5 Å². The van der Waals surface area contributed by atoms with Crippen LogP contribution in [0.2, 0.25) is 0 Å². The third-order valence-corrected chi connectivity index (χ3v) is 4.09. The fourth-order valence-corrected chi connectivity index (χ4v) is 2.84. The molecule has 1 aliphatic heterocycles. The van der Waals surface area contributed by atoms with E-state index in [-0.39, 0.29) is 0 Å². The van der Waals surface area contributed by atoms with E-state index in [1.165, 1.54) is 0 Å². The van der Waals surface area contributed by atoms with Crippen molar-refractivity contribution in [3.63, 3.8) is 0 Å². The minimum Gasteiger partial charge on any atom is -0.357 e. The first kappa shape index (κ1) is 17.1. The van der Waals surface area contributed by atoms with Crippen LogP contribution in [0.15, 0.2) is 41.7 Å². The fourth-order valence-electron chi connectivity index (χ4n) is 2.84. The molecule has 1 saturated heterocycles. The van der Waals surface area contributed by atoms with Gasteiger partial charge in [0.15, 0.2) is 5.96 Å². The van der Waals surface area contributed by atoms with E-state index in [1.807, 2.05) is 31.2 Å². The van der Waals surface area contributed by atoms with Gasteiger partial charge in [0.1, 0.15) is 0 Å². The summed E-state index contributed by atoms with van der Waals surface area (Å²) in [7, 11) is 0. The first-order chi connectivity index (χ1) is 12.3. The number of rotatable bonds is 4. The van der Waals surface area contributed by atoms with Crippen molar-refractivity contribution in [3.8, 4) is 0 Å². The van der Waals surface area contributed by atoms with Crippen LogP contribution in [0.4, 0.5) is 5.95 Å². The molecule has 7 nitrogen and oxygen atoms in total. The second kappa shape index (κ2) is 8.41. The van der Waals surface area contributed by atoms with Gasteiger partial charge in [-0.2, -0.15) is 0 Å². The number of nitrogens with zero attached hydrogens (tertiary/aromatic N) is 6. The van der Waals surface area contributed by atoms with E-state index in [4.69, 9.17) is 4.99 Å². The summed E-state index contributed by atoms with van der Waals surface area (Å²) in [5.41, 5.74) is 2.01. The molecule has 25 heavy (non-hydrogen) atoms. The van der Waals surface area contributed by atoms with Crippen molar-refractivity contribution in [2.24, 2.45) is 4.99 Å². The minimum atomic E-state index is 0.589. The van der Waals surface area contributed by atoms with Gasteiger partial charge in [0.2, 0.25) is 5.95 Å². The molecule has 3 heterocycles. The Balaban J connectivity index is 1.62. The maximum Gasteiger partial charge on any atom is 0.225 e. The van der Waals surface area contributed by atoms with Crippen LogP contribution >= 0.6 is 0 Å². The average molecular weight is 339 g/mol. The summed E-state index contributed by atoms with van der Waals surface area (Å²) < 4.78 is 0. The number of piperazine rings is 1. The van der Waals surface area contributed by atoms with Gasteiger partial charge in [0.05, 0.1) is 12.2 Å². The smallest absolute Gasteiger partial charge is 0.225 e. The van der Waals surface area contributed by atoms with Crippen molar-refractivity contribution >= 4 is 11.9 Å². The quantitative estimate of drug-likeness (QED) is 0.672. The van der Waals surface area contributed by atoms with Gasteiger partial charge in [-0.15, -0.1) is 0 Å². The van der Waals surface area contributed by atoms with E-state index in [1.54, 1.807) is 12.4 Å². The number of nitrogens with one attached hydrogen (secondary N) is 1. The zero-order valence-electron chi connectivity index (χ0n) is 14.9. The number of aromatic nitrogens is 3. The van der Waals surface area contributed by atoms with Crippen LogP contribution in [0, 0.1) is 6.92 Å². The Bertz CT molecular complexity index is 694. The largest absolute Gasteiger partial charge is 0.357 e. The lowest BCUT2D eigenvalue weighted by Crippen LogP contribution is -2.53. The Kier molecular flexibility index (Phi) is 5.77. The van der Waals surface area contributed by atoms with Crippen molar-refractivity contribution < 1.29 is 0 Å². The zero-order valence-corrected chi connectivity index (χ0v) is 14.9. The van der Waals surface area contributed by atoms with Gasteiger partial charge in [0.25, 0.3) is 0 Å². The molecule has 2 aromatic rings. The third-order valence-electron chi connectivity index (χ3n) is 4.09. The summed E-state index contributed by atoms with van der Waals surface area (Å²) in [6, 6.07) is 7.89. The lowest BCUT2D eigenvalue weighted by molar-refractivity contribution is 0.370. The predicted molar refractivity (Wildman–Crippen MR) is 99.6 cm³/mol. The van der Waals surface area contributed by atoms with E-state index in [0.717, 1.165) is 56.0 Å². The summed E-state index contributed by atoms with van der Waals surface area (Å²) >= 11 is 0. The van der Waals surface area contributed by atoms with Gasteiger partial charge < -0.3 is 15.1 Å². The molecule has 0 bridgehead atoms. The van der Waals surface area contributed by atoms with Gasteiger partial charge in [-0.3, -0.25) is 4.98 Å². The van der Waals surface area contributed by atoms with E-state index >= 15 is 0 Å². The van der Waals surface area contributed by atoms with Crippen molar-refractivity contribution in [2.75, 3.05) is 37.6 Å². The number of hydrogen-bond donors (Lipinski definition) is 1. The Labute approximate surface area is 148 Å². The molecule has 0 amide bonds. The maximum atomic E-state index is 4.77. The maximum absolute atomic E-state index is 4.77. The number of pyridine rings is 1. The molecule has 0 aromatic carbocycles. The molecule has 0 atom stereocenters. The zero-order chi connectivity index (χ0) is 17.5. The Morgan fingerprint density at radius 3 is 2.56 bits per heavy atom. The number of hydrogen-bond acceptors (Lipinski definition) is 5. The summed E-state index contributed by atoms with van der Waals surface area (Å²) in [4.78, 5) is 22.5. The molecule has 1 N–H and O–H groups in total. The highest BCUT2D eigenvalue weighted by atomic mass is 15.4. The highest BCUT2D eigenvalue weighted by Crippen LogP contribution is 2.10. The molecule has 0 aliphatic carbocycles. The predicted octanol–water partition coefficient (Wildman–Crippen LogP) is 1.47. The van der Waals surface area contributed by atoms with Gasteiger partial charge in [-0.25, -0.2) is 15.0 Å². The van der Waals surface area contributed by atoms with Crippen LogP contribution in [0.1, 0.15) is 18.3 Å². The third kappa shape index (κ3) is 4.65. The molecular weight excluding hydrogens is 314 g/mol. The minimum absolute atomic E-state index is 0.589. The van der Waals surface area contributed by atoms with Crippen LogP contribution in [0.5, 0.6) is 0 Å². The summed E-state index contributed by atoms with van der Waals surface area (Å²) in [5, 5.41) is 3.39. The number of aliphatic imine (C=N–C) groups is 1. The normalized spacial score (nSPS) is 15.4. The van der Waals surface area contributed by atoms with E-state index < -0.39 is 0 Å². The summed E-state index contributed by atoms with van der Waals surface area (Å²) in [6.07, 6.45) is 3.57. The van der Waals surface area contributed by atoms with Crippen LogP contribution in [0.3, 0.4) is 0 Å². The van der Waals surface area contributed by atoms with Gasteiger partial charge in [-0.05, 0) is 32.0 Å². The lowest BCUT2D eigenvalue weighted by Gasteiger charge is -2.36. The molecule has 2 aromatic heterocycles. The molecule has 0 radical (unpaired) electrons. The molecule has 132 valence electrons. The number of aryl methyl sites for hydroxylation is 1. The highest BCUT2D eigenvalue weighted by molar-refractivity contribution is 5.80. The van der Waals surface area contributed by atoms with Crippen LogP contribution in [-0.2, 0) is 6.54 Å². The molecule has 0 saturated carbocycles.